The zero-order valence-corrected chi connectivity index (χ0v) is 21.5. The van der Waals surface area contributed by atoms with E-state index in [1.807, 2.05) is 56.3 Å². The Kier molecular flexibility index (Phi) is 6.80. The van der Waals surface area contributed by atoms with Crippen molar-refractivity contribution in [3.05, 3.63) is 100 Å². The van der Waals surface area contributed by atoms with Gasteiger partial charge in [0.25, 0.3) is 0 Å². The quantitative estimate of drug-likeness (QED) is 0.169. The predicted octanol–water partition coefficient (Wildman–Crippen LogP) is 6.67. The van der Waals surface area contributed by atoms with Crippen LogP contribution < -0.4 is 19.9 Å². The van der Waals surface area contributed by atoms with Crippen molar-refractivity contribution in [2.24, 2.45) is 5.73 Å². The van der Waals surface area contributed by atoms with Gasteiger partial charge in [0.05, 0.1) is 12.5 Å². The molecule has 1 unspecified atom stereocenters. The van der Waals surface area contributed by atoms with Gasteiger partial charge in [0.15, 0.2) is 0 Å². The van der Waals surface area contributed by atoms with Gasteiger partial charge >= 0.3 is 5.97 Å². The van der Waals surface area contributed by atoms with E-state index in [0.717, 1.165) is 46.2 Å². The lowest BCUT2D eigenvalue weighted by molar-refractivity contribution is 0.0702. The van der Waals surface area contributed by atoms with Crippen molar-refractivity contribution in [1.82, 2.24) is 0 Å². The summed E-state index contributed by atoms with van der Waals surface area (Å²) in [5.74, 6) is 0.495. The van der Waals surface area contributed by atoms with Gasteiger partial charge in [-0.1, -0.05) is 43.2 Å². The van der Waals surface area contributed by atoms with Gasteiger partial charge in [-0.05, 0) is 56.2 Å². The standard InChI is InChI=1S/C31H28N2O5/c1-4-5-13-35-21-8-6-7-20(15-21)28-23-11-10-22(16-27(23)38-30(33)25(28)17-32)36-31(34)29-19(3)24-14-18(2)9-12-26(24)37-29/h6-12,14-16,28H,4-5,13,33H2,1-3H3. The first-order valence-electron chi connectivity index (χ1n) is 12.6. The third kappa shape index (κ3) is 4.69. The smallest absolute Gasteiger partial charge is 0.379 e. The molecule has 0 spiro atoms. The molecule has 0 saturated heterocycles. The van der Waals surface area contributed by atoms with Gasteiger partial charge < -0.3 is 24.4 Å². The SMILES string of the molecule is CCCCOc1cccc(C2C(C#N)=C(N)Oc3cc(OC(=O)c4oc5ccc(C)cc5c4C)ccc32)c1. The number of fused-ring (bicyclic) bond motifs is 2. The Morgan fingerprint density at radius 1 is 1.08 bits per heavy atom. The highest BCUT2D eigenvalue weighted by molar-refractivity contribution is 5.97. The number of ether oxygens (including phenoxy) is 3. The first-order valence-corrected chi connectivity index (χ1v) is 12.6. The van der Waals surface area contributed by atoms with E-state index in [1.165, 1.54) is 0 Å². The molecule has 0 fully saturated rings. The molecule has 2 N–H and O–H groups in total. The number of aryl methyl sites for hydroxylation is 2. The minimum absolute atomic E-state index is 0.00859. The van der Waals surface area contributed by atoms with Crippen molar-refractivity contribution in [1.29, 1.82) is 5.26 Å². The van der Waals surface area contributed by atoms with Gasteiger partial charge in [-0.25, -0.2) is 4.79 Å². The van der Waals surface area contributed by atoms with E-state index < -0.39 is 11.9 Å². The number of carbonyl (C=O) groups is 1. The van der Waals surface area contributed by atoms with E-state index in [0.29, 0.717) is 23.5 Å². The van der Waals surface area contributed by atoms with Gasteiger partial charge in [0, 0.05) is 22.6 Å². The van der Waals surface area contributed by atoms with Crippen molar-refractivity contribution in [2.75, 3.05) is 6.61 Å². The summed E-state index contributed by atoms with van der Waals surface area (Å²) in [5, 5.41) is 10.8. The second-order valence-corrected chi connectivity index (χ2v) is 9.34. The lowest BCUT2D eigenvalue weighted by Gasteiger charge is -2.27. The Bertz CT molecular complexity index is 1610. The fourth-order valence-corrected chi connectivity index (χ4v) is 4.64. The zero-order chi connectivity index (χ0) is 26.8. The Morgan fingerprint density at radius 3 is 2.71 bits per heavy atom. The Hall–Kier alpha value is -4.70. The molecule has 1 aromatic heterocycles. The number of unbranched alkanes of at least 4 members (excludes halogenated alkanes) is 1. The van der Waals surface area contributed by atoms with E-state index in [1.54, 1.807) is 18.2 Å². The van der Waals surface area contributed by atoms with Gasteiger partial charge in [0.1, 0.15) is 34.5 Å². The van der Waals surface area contributed by atoms with Crippen molar-refractivity contribution in [2.45, 2.75) is 39.5 Å². The maximum absolute atomic E-state index is 13.0. The molecule has 2 heterocycles. The summed E-state index contributed by atoms with van der Waals surface area (Å²) in [5.41, 5.74) is 10.5. The molecule has 38 heavy (non-hydrogen) atoms. The van der Waals surface area contributed by atoms with Crippen LogP contribution in [0.4, 0.5) is 0 Å². The minimum Gasteiger partial charge on any atom is -0.494 e. The van der Waals surface area contributed by atoms with E-state index in [-0.39, 0.29) is 17.4 Å². The Morgan fingerprint density at radius 2 is 1.92 bits per heavy atom. The Labute approximate surface area is 221 Å². The average molecular weight is 509 g/mol. The highest BCUT2D eigenvalue weighted by Crippen LogP contribution is 2.44. The number of benzene rings is 3. The molecule has 0 saturated carbocycles. The number of hydrogen-bond donors (Lipinski definition) is 1. The number of rotatable bonds is 7. The molecule has 7 heteroatoms. The number of carbonyl (C=O) groups excluding carboxylic acids is 1. The molecule has 1 aliphatic heterocycles. The molecule has 1 atom stereocenters. The molecule has 0 aliphatic carbocycles. The summed E-state index contributed by atoms with van der Waals surface area (Å²) in [4.78, 5) is 13.0. The second-order valence-electron chi connectivity index (χ2n) is 9.34. The number of hydrogen-bond acceptors (Lipinski definition) is 7. The normalized spacial score (nSPS) is 14.5. The fourth-order valence-electron chi connectivity index (χ4n) is 4.64. The molecule has 0 bridgehead atoms. The van der Waals surface area contributed by atoms with E-state index >= 15 is 0 Å². The van der Waals surface area contributed by atoms with Gasteiger partial charge in [-0.15, -0.1) is 0 Å². The molecule has 7 nitrogen and oxygen atoms in total. The monoisotopic (exact) mass is 508 g/mol. The van der Waals surface area contributed by atoms with Crippen LogP contribution in [0.3, 0.4) is 0 Å². The summed E-state index contributed by atoms with van der Waals surface area (Å²) in [6.07, 6.45) is 1.99. The van der Waals surface area contributed by atoms with Gasteiger partial charge in [-0.3, -0.25) is 0 Å². The largest absolute Gasteiger partial charge is 0.494 e. The number of nitriles is 1. The number of furan rings is 1. The molecule has 0 amide bonds. The first-order chi connectivity index (χ1) is 18.4. The average Bonchev–Trinajstić information content (AvgIpc) is 3.23. The van der Waals surface area contributed by atoms with Crippen LogP contribution in [0.5, 0.6) is 17.2 Å². The molecule has 4 aromatic rings. The van der Waals surface area contributed by atoms with Crippen LogP contribution in [-0.4, -0.2) is 12.6 Å². The summed E-state index contributed by atoms with van der Waals surface area (Å²) in [7, 11) is 0. The number of nitrogens with two attached hydrogens (primary N) is 1. The third-order valence-corrected chi connectivity index (χ3v) is 6.64. The lowest BCUT2D eigenvalue weighted by atomic mass is 9.83. The lowest BCUT2D eigenvalue weighted by Crippen LogP contribution is -2.21. The predicted molar refractivity (Wildman–Crippen MR) is 143 cm³/mol. The zero-order valence-electron chi connectivity index (χ0n) is 21.5. The maximum atomic E-state index is 13.0. The molecule has 0 radical (unpaired) electrons. The maximum Gasteiger partial charge on any atom is 0.379 e. The van der Waals surface area contributed by atoms with E-state index in [2.05, 4.69) is 13.0 Å². The van der Waals surface area contributed by atoms with Crippen LogP contribution in [0.25, 0.3) is 11.0 Å². The number of nitrogens with zero attached hydrogens (tertiary/aromatic N) is 1. The molecule has 192 valence electrons. The molecule has 5 rings (SSSR count). The third-order valence-electron chi connectivity index (χ3n) is 6.64. The summed E-state index contributed by atoms with van der Waals surface area (Å²) >= 11 is 0. The molecule has 3 aromatic carbocycles. The van der Waals surface area contributed by atoms with Crippen molar-refractivity contribution in [3.63, 3.8) is 0 Å². The van der Waals surface area contributed by atoms with Crippen LogP contribution in [0.2, 0.25) is 0 Å². The van der Waals surface area contributed by atoms with Crippen molar-refractivity contribution >= 4 is 16.9 Å². The van der Waals surface area contributed by atoms with Crippen LogP contribution >= 0.6 is 0 Å². The molecular formula is C31H28N2O5. The fraction of sp³-hybridized carbons (Fsp3) is 0.226. The van der Waals surface area contributed by atoms with E-state index in [9.17, 15) is 10.1 Å². The van der Waals surface area contributed by atoms with Gasteiger partial charge in [-0.2, -0.15) is 5.26 Å². The number of allylic oxidation sites excluding steroid dienone is 1. The first kappa shape index (κ1) is 25.0. The number of esters is 1. The highest BCUT2D eigenvalue weighted by Gasteiger charge is 2.31. The minimum atomic E-state index is -0.609. The summed E-state index contributed by atoms with van der Waals surface area (Å²) < 4.78 is 23.1. The topological polar surface area (TPSA) is 108 Å². The Balaban J connectivity index is 1.45. The van der Waals surface area contributed by atoms with Crippen LogP contribution in [0, 0.1) is 25.2 Å². The van der Waals surface area contributed by atoms with Crippen LogP contribution in [-0.2, 0) is 0 Å². The molecular weight excluding hydrogens is 480 g/mol. The highest BCUT2D eigenvalue weighted by atomic mass is 16.5. The van der Waals surface area contributed by atoms with Crippen LogP contribution in [0.15, 0.2) is 76.5 Å². The summed E-state index contributed by atoms with van der Waals surface area (Å²) in [6.45, 7) is 6.54. The van der Waals surface area contributed by atoms with Gasteiger partial charge in [0.2, 0.25) is 11.6 Å². The molecule has 1 aliphatic rings. The summed E-state index contributed by atoms with van der Waals surface area (Å²) in [6, 6.07) is 20.6. The van der Waals surface area contributed by atoms with Crippen molar-refractivity contribution in [3.8, 4) is 23.3 Å². The van der Waals surface area contributed by atoms with Crippen LogP contribution in [0.1, 0.15) is 58.5 Å². The van der Waals surface area contributed by atoms with E-state index in [4.69, 9.17) is 24.4 Å². The second kappa shape index (κ2) is 10.3. The van der Waals surface area contributed by atoms with Crippen molar-refractivity contribution < 1.29 is 23.4 Å².